The van der Waals surface area contributed by atoms with Crippen LogP contribution in [0.4, 0.5) is 5.69 Å². The Balaban J connectivity index is 2.09. The summed E-state index contributed by atoms with van der Waals surface area (Å²) in [5, 5.41) is 3.44. The number of nitrogens with zero attached hydrogens (tertiary/aromatic N) is 2. The number of hydrogen-bond acceptors (Lipinski definition) is 4. The highest BCUT2D eigenvalue weighted by Gasteiger charge is 2.14. The van der Waals surface area contributed by atoms with Crippen molar-refractivity contribution in [2.45, 2.75) is 26.4 Å². The fourth-order valence-corrected chi connectivity index (χ4v) is 1.98. The van der Waals surface area contributed by atoms with Crippen LogP contribution in [0.15, 0.2) is 18.5 Å². The van der Waals surface area contributed by atoms with Gasteiger partial charge in [0.25, 0.3) is 0 Å². The minimum absolute atomic E-state index is 0.493. The zero-order valence-electron chi connectivity index (χ0n) is 10.6. The van der Waals surface area contributed by atoms with Gasteiger partial charge in [-0.3, -0.25) is 4.98 Å². The molecule has 0 aromatic carbocycles. The van der Waals surface area contributed by atoms with Crippen LogP contribution >= 0.6 is 0 Å². The van der Waals surface area contributed by atoms with E-state index in [1.807, 2.05) is 12.4 Å². The van der Waals surface area contributed by atoms with Gasteiger partial charge in [0.05, 0.1) is 13.2 Å². The zero-order valence-corrected chi connectivity index (χ0v) is 10.6. The van der Waals surface area contributed by atoms with Crippen molar-refractivity contribution in [3.63, 3.8) is 0 Å². The van der Waals surface area contributed by atoms with Crippen molar-refractivity contribution in [2.24, 2.45) is 0 Å². The van der Waals surface area contributed by atoms with Gasteiger partial charge in [-0.05, 0) is 6.07 Å². The molecule has 2 heterocycles. The van der Waals surface area contributed by atoms with Crippen molar-refractivity contribution >= 4 is 5.69 Å². The number of ether oxygens (including phenoxy) is 1. The predicted octanol–water partition coefficient (Wildman–Crippen LogP) is 1.42. The summed E-state index contributed by atoms with van der Waals surface area (Å²) in [5.41, 5.74) is 2.56. The third-order valence-corrected chi connectivity index (χ3v) is 2.93. The van der Waals surface area contributed by atoms with Gasteiger partial charge >= 0.3 is 0 Å². The first-order valence-electron chi connectivity index (χ1n) is 6.26. The van der Waals surface area contributed by atoms with E-state index in [0.717, 1.165) is 32.8 Å². The Hall–Kier alpha value is -1.13. The average molecular weight is 235 g/mol. The zero-order chi connectivity index (χ0) is 12.1. The summed E-state index contributed by atoms with van der Waals surface area (Å²) >= 11 is 0. The molecule has 1 aliphatic rings. The third kappa shape index (κ3) is 3.41. The summed E-state index contributed by atoms with van der Waals surface area (Å²) in [6.45, 7) is 8.77. The smallest absolute Gasteiger partial charge is 0.0642 e. The molecule has 2 rings (SSSR count). The maximum Gasteiger partial charge on any atom is 0.0642 e. The van der Waals surface area contributed by atoms with Crippen LogP contribution in [0.3, 0.4) is 0 Å². The summed E-state index contributed by atoms with van der Waals surface area (Å²) in [4.78, 5) is 6.60. The number of rotatable bonds is 4. The Labute approximate surface area is 103 Å². The first-order chi connectivity index (χ1) is 8.27. The SMILES string of the molecule is CC(C)NCc1cnccc1N1CCOCC1. The number of hydrogen-bond donors (Lipinski definition) is 1. The normalized spacial score (nSPS) is 16.5. The van der Waals surface area contributed by atoms with Crippen molar-refractivity contribution in [3.05, 3.63) is 24.0 Å². The Bertz CT molecular complexity index is 348. The summed E-state index contributed by atoms with van der Waals surface area (Å²) in [5.74, 6) is 0. The molecule has 17 heavy (non-hydrogen) atoms. The lowest BCUT2D eigenvalue weighted by molar-refractivity contribution is 0.122. The summed E-state index contributed by atoms with van der Waals surface area (Å²) in [7, 11) is 0. The molecule has 0 unspecified atom stereocenters. The Morgan fingerprint density at radius 3 is 2.88 bits per heavy atom. The van der Waals surface area contributed by atoms with E-state index in [-0.39, 0.29) is 0 Å². The number of morpholine rings is 1. The van der Waals surface area contributed by atoms with Crippen molar-refractivity contribution in [1.82, 2.24) is 10.3 Å². The van der Waals surface area contributed by atoms with Gasteiger partial charge in [-0.25, -0.2) is 0 Å². The molecule has 0 amide bonds. The molecule has 0 radical (unpaired) electrons. The van der Waals surface area contributed by atoms with E-state index in [1.54, 1.807) is 0 Å². The Morgan fingerprint density at radius 1 is 1.41 bits per heavy atom. The molecule has 0 bridgehead atoms. The van der Waals surface area contributed by atoms with Crippen molar-refractivity contribution in [3.8, 4) is 0 Å². The minimum atomic E-state index is 0.493. The van der Waals surface area contributed by atoms with E-state index >= 15 is 0 Å². The van der Waals surface area contributed by atoms with E-state index < -0.39 is 0 Å². The fraction of sp³-hybridized carbons (Fsp3) is 0.615. The number of nitrogens with one attached hydrogen (secondary N) is 1. The molecule has 1 aliphatic heterocycles. The average Bonchev–Trinajstić information content (AvgIpc) is 2.38. The van der Waals surface area contributed by atoms with E-state index in [1.165, 1.54) is 11.3 Å². The van der Waals surface area contributed by atoms with Crippen LogP contribution in [-0.4, -0.2) is 37.3 Å². The largest absolute Gasteiger partial charge is 0.378 e. The molecule has 0 saturated carbocycles. The topological polar surface area (TPSA) is 37.4 Å². The highest BCUT2D eigenvalue weighted by atomic mass is 16.5. The molecule has 0 aliphatic carbocycles. The van der Waals surface area contributed by atoms with Gasteiger partial charge in [-0.2, -0.15) is 0 Å². The van der Waals surface area contributed by atoms with E-state index in [4.69, 9.17) is 4.74 Å². The number of pyridine rings is 1. The third-order valence-electron chi connectivity index (χ3n) is 2.93. The van der Waals surface area contributed by atoms with E-state index in [0.29, 0.717) is 6.04 Å². The van der Waals surface area contributed by atoms with Crippen LogP contribution in [0, 0.1) is 0 Å². The number of aromatic nitrogens is 1. The molecule has 0 spiro atoms. The molecule has 4 heteroatoms. The van der Waals surface area contributed by atoms with Crippen LogP contribution in [0.25, 0.3) is 0 Å². The van der Waals surface area contributed by atoms with Crippen LogP contribution in [0.2, 0.25) is 0 Å². The lowest BCUT2D eigenvalue weighted by Gasteiger charge is -2.30. The second kappa shape index (κ2) is 5.98. The van der Waals surface area contributed by atoms with Crippen molar-refractivity contribution in [1.29, 1.82) is 0 Å². The fourth-order valence-electron chi connectivity index (χ4n) is 1.98. The van der Waals surface area contributed by atoms with Gasteiger partial charge in [-0.15, -0.1) is 0 Å². The molecule has 0 atom stereocenters. The molecular formula is C13H21N3O. The first kappa shape index (κ1) is 12.3. The van der Waals surface area contributed by atoms with Crippen molar-refractivity contribution in [2.75, 3.05) is 31.2 Å². The molecule has 1 fully saturated rings. The Morgan fingerprint density at radius 2 is 2.18 bits per heavy atom. The molecule has 1 N–H and O–H groups in total. The number of anilines is 1. The molecular weight excluding hydrogens is 214 g/mol. The lowest BCUT2D eigenvalue weighted by atomic mass is 10.2. The standard InChI is InChI=1S/C13H21N3O/c1-11(2)15-10-12-9-14-4-3-13(12)16-5-7-17-8-6-16/h3-4,9,11,15H,5-8,10H2,1-2H3. The van der Waals surface area contributed by atoms with Gasteiger partial charge < -0.3 is 15.0 Å². The minimum Gasteiger partial charge on any atom is -0.378 e. The van der Waals surface area contributed by atoms with Crippen LogP contribution in [-0.2, 0) is 11.3 Å². The van der Waals surface area contributed by atoms with E-state index in [9.17, 15) is 0 Å². The summed E-state index contributed by atoms with van der Waals surface area (Å²) < 4.78 is 5.39. The maximum absolute atomic E-state index is 5.39. The Kier molecular flexibility index (Phi) is 4.34. The van der Waals surface area contributed by atoms with Crippen LogP contribution in [0.5, 0.6) is 0 Å². The molecule has 1 saturated heterocycles. The van der Waals surface area contributed by atoms with Crippen LogP contribution in [0.1, 0.15) is 19.4 Å². The van der Waals surface area contributed by atoms with Gasteiger partial charge in [0.2, 0.25) is 0 Å². The quantitative estimate of drug-likeness (QED) is 0.856. The second-order valence-corrected chi connectivity index (χ2v) is 4.64. The maximum atomic E-state index is 5.39. The summed E-state index contributed by atoms with van der Waals surface area (Å²) in [6, 6.07) is 2.59. The van der Waals surface area contributed by atoms with Crippen molar-refractivity contribution < 1.29 is 4.74 Å². The van der Waals surface area contributed by atoms with Gasteiger partial charge in [0, 0.05) is 49.3 Å². The molecule has 1 aromatic heterocycles. The highest BCUT2D eigenvalue weighted by Crippen LogP contribution is 2.20. The molecule has 1 aromatic rings. The van der Waals surface area contributed by atoms with Gasteiger partial charge in [-0.1, -0.05) is 13.8 Å². The monoisotopic (exact) mass is 235 g/mol. The van der Waals surface area contributed by atoms with Gasteiger partial charge in [0.15, 0.2) is 0 Å². The predicted molar refractivity (Wildman–Crippen MR) is 69.2 cm³/mol. The lowest BCUT2D eigenvalue weighted by Crippen LogP contribution is -2.37. The first-order valence-corrected chi connectivity index (χ1v) is 6.26. The summed E-state index contributed by atoms with van der Waals surface area (Å²) in [6.07, 6.45) is 3.82. The molecule has 4 nitrogen and oxygen atoms in total. The van der Waals surface area contributed by atoms with E-state index in [2.05, 4.69) is 35.1 Å². The van der Waals surface area contributed by atoms with Crippen LogP contribution < -0.4 is 10.2 Å². The second-order valence-electron chi connectivity index (χ2n) is 4.64. The molecule has 94 valence electrons. The van der Waals surface area contributed by atoms with Gasteiger partial charge in [0.1, 0.15) is 0 Å². The highest BCUT2D eigenvalue weighted by molar-refractivity contribution is 5.52.